The fraction of sp³-hybridized carbons (Fsp3) is 0.667. The summed E-state index contributed by atoms with van der Waals surface area (Å²) in [6.07, 6.45) is -5.42. The van der Waals surface area contributed by atoms with Crippen molar-refractivity contribution in [2.45, 2.75) is 12.6 Å². The lowest BCUT2D eigenvalue weighted by molar-refractivity contribution is -0.161. The third kappa shape index (κ3) is 5.94. The summed E-state index contributed by atoms with van der Waals surface area (Å²) >= 11 is 0. The number of aliphatic carboxylic acids is 1. The zero-order valence-corrected chi connectivity index (χ0v) is 6.76. The second-order valence-corrected chi connectivity index (χ2v) is 2.44. The number of carbonyl (C=O) groups excluding carboxylic acids is 1. The molecule has 1 amide bonds. The van der Waals surface area contributed by atoms with E-state index in [9.17, 15) is 22.8 Å². The molecule has 0 saturated carbocycles. The molecule has 0 aromatic carbocycles. The zero-order valence-electron chi connectivity index (χ0n) is 6.76. The standard InChI is InChI=1S/C6H8F3NO3/c1-10(3-6(7,8)9)4(11)2-5(12)13/h2-3H2,1H3,(H,12,13). The van der Waals surface area contributed by atoms with Crippen molar-refractivity contribution in [3.63, 3.8) is 0 Å². The Labute approximate surface area is 71.9 Å². The van der Waals surface area contributed by atoms with E-state index in [2.05, 4.69) is 0 Å². The van der Waals surface area contributed by atoms with Gasteiger partial charge in [-0.25, -0.2) is 0 Å². The second kappa shape index (κ2) is 4.11. The molecule has 0 bridgehead atoms. The normalized spacial score (nSPS) is 11.1. The number of rotatable bonds is 3. The lowest BCUT2D eigenvalue weighted by atomic mass is 10.4. The van der Waals surface area contributed by atoms with E-state index in [0.717, 1.165) is 7.05 Å². The third-order valence-electron chi connectivity index (χ3n) is 1.14. The summed E-state index contributed by atoms with van der Waals surface area (Å²) in [5.41, 5.74) is 0. The third-order valence-corrected chi connectivity index (χ3v) is 1.14. The van der Waals surface area contributed by atoms with E-state index in [0.29, 0.717) is 4.90 Å². The number of amides is 1. The van der Waals surface area contributed by atoms with Crippen LogP contribution in [0, 0.1) is 0 Å². The van der Waals surface area contributed by atoms with Crippen LogP contribution in [-0.2, 0) is 9.59 Å². The van der Waals surface area contributed by atoms with Gasteiger partial charge in [0, 0.05) is 7.05 Å². The Morgan fingerprint density at radius 2 is 1.85 bits per heavy atom. The molecule has 0 radical (unpaired) electrons. The molecule has 0 heterocycles. The minimum Gasteiger partial charge on any atom is -0.481 e. The van der Waals surface area contributed by atoms with E-state index in [1.165, 1.54) is 0 Å². The molecule has 76 valence electrons. The molecule has 0 unspecified atom stereocenters. The van der Waals surface area contributed by atoms with E-state index >= 15 is 0 Å². The van der Waals surface area contributed by atoms with Gasteiger partial charge in [0.25, 0.3) is 0 Å². The number of halogens is 3. The smallest absolute Gasteiger partial charge is 0.406 e. The van der Waals surface area contributed by atoms with Crippen LogP contribution < -0.4 is 0 Å². The molecule has 0 aromatic rings. The Hall–Kier alpha value is -1.27. The SMILES string of the molecule is CN(CC(F)(F)F)C(=O)CC(=O)O. The Bertz CT molecular complexity index is 214. The first kappa shape index (κ1) is 11.7. The topological polar surface area (TPSA) is 57.6 Å². The molecular formula is C6H8F3NO3. The van der Waals surface area contributed by atoms with Crippen LogP contribution in [0.5, 0.6) is 0 Å². The average Bonchev–Trinajstić information content (AvgIpc) is 1.81. The van der Waals surface area contributed by atoms with Gasteiger partial charge in [0.15, 0.2) is 0 Å². The molecule has 0 atom stereocenters. The molecule has 0 aliphatic carbocycles. The Kier molecular flexibility index (Phi) is 3.70. The highest BCUT2D eigenvalue weighted by Gasteiger charge is 2.31. The number of hydrogen-bond donors (Lipinski definition) is 1. The number of nitrogens with zero attached hydrogens (tertiary/aromatic N) is 1. The minimum atomic E-state index is -4.50. The van der Waals surface area contributed by atoms with Crippen LogP contribution in [-0.4, -0.2) is 41.7 Å². The summed E-state index contributed by atoms with van der Waals surface area (Å²) in [7, 11) is 0.902. The van der Waals surface area contributed by atoms with Crippen molar-refractivity contribution in [3.05, 3.63) is 0 Å². The van der Waals surface area contributed by atoms with Gasteiger partial charge in [0.2, 0.25) is 5.91 Å². The van der Waals surface area contributed by atoms with Crippen LogP contribution in [0.1, 0.15) is 6.42 Å². The van der Waals surface area contributed by atoms with Crippen molar-refractivity contribution in [3.8, 4) is 0 Å². The van der Waals surface area contributed by atoms with Crippen LogP contribution in [0.2, 0.25) is 0 Å². The molecule has 0 spiro atoms. The first-order chi connectivity index (χ1) is 5.72. The zero-order chi connectivity index (χ0) is 10.6. The maximum Gasteiger partial charge on any atom is 0.406 e. The number of alkyl halides is 3. The van der Waals surface area contributed by atoms with Crippen molar-refractivity contribution in [1.82, 2.24) is 4.90 Å². The molecule has 0 fully saturated rings. The van der Waals surface area contributed by atoms with Gasteiger partial charge < -0.3 is 10.0 Å². The summed E-state index contributed by atoms with van der Waals surface area (Å²) in [4.78, 5) is 21.0. The van der Waals surface area contributed by atoms with Crippen molar-refractivity contribution < 1.29 is 27.9 Å². The summed E-state index contributed by atoms with van der Waals surface area (Å²) in [5.74, 6) is -2.51. The van der Waals surface area contributed by atoms with Crippen molar-refractivity contribution in [2.24, 2.45) is 0 Å². The quantitative estimate of drug-likeness (QED) is 0.672. The largest absolute Gasteiger partial charge is 0.481 e. The molecule has 7 heteroatoms. The molecular weight excluding hydrogens is 191 g/mol. The molecule has 4 nitrogen and oxygen atoms in total. The van der Waals surface area contributed by atoms with E-state index in [1.54, 1.807) is 0 Å². The van der Waals surface area contributed by atoms with Crippen LogP contribution in [0.4, 0.5) is 13.2 Å². The van der Waals surface area contributed by atoms with Gasteiger partial charge in [-0.15, -0.1) is 0 Å². The number of carboxylic acids is 1. The second-order valence-electron chi connectivity index (χ2n) is 2.44. The first-order valence-corrected chi connectivity index (χ1v) is 3.25. The molecule has 0 aromatic heterocycles. The first-order valence-electron chi connectivity index (χ1n) is 3.25. The monoisotopic (exact) mass is 199 g/mol. The fourth-order valence-electron chi connectivity index (χ4n) is 0.621. The summed E-state index contributed by atoms with van der Waals surface area (Å²) in [6, 6.07) is 0. The van der Waals surface area contributed by atoms with Gasteiger partial charge in [-0.3, -0.25) is 9.59 Å². The predicted octanol–water partition coefficient (Wildman–Crippen LogP) is 0.482. The Morgan fingerprint density at radius 1 is 1.38 bits per heavy atom. The number of hydrogen-bond acceptors (Lipinski definition) is 2. The lowest BCUT2D eigenvalue weighted by Gasteiger charge is -2.17. The van der Waals surface area contributed by atoms with Crippen molar-refractivity contribution in [2.75, 3.05) is 13.6 Å². The van der Waals surface area contributed by atoms with Gasteiger partial charge in [-0.05, 0) is 0 Å². The highest BCUT2D eigenvalue weighted by molar-refractivity contribution is 5.93. The summed E-state index contributed by atoms with van der Waals surface area (Å²) < 4.78 is 35.0. The van der Waals surface area contributed by atoms with Crippen LogP contribution >= 0.6 is 0 Å². The van der Waals surface area contributed by atoms with Gasteiger partial charge in [-0.2, -0.15) is 13.2 Å². The molecule has 0 saturated heterocycles. The number of carbonyl (C=O) groups is 2. The van der Waals surface area contributed by atoms with E-state index < -0.39 is 31.0 Å². The Morgan fingerprint density at radius 3 is 2.15 bits per heavy atom. The lowest BCUT2D eigenvalue weighted by Crippen LogP contribution is -2.36. The molecule has 0 aliphatic rings. The summed E-state index contributed by atoms with van der Waals surface area (Å²) in [5, 5.41) is 8.10. The van der Waals surface area contributed by atoms with Crippen LogP contribution in [0.25, 0.3) is 0 Å². The van der Waals surface area contributed by atoms with Crippen molar-refractivity contribution in [1.29, 1.82) is 0 Å². The van der Waals surface area contributed by atoms with Crippen molar-refractivity contribution >= 4 is 11.9 Å². The molecule has 1 N–H and O–H groups in total. The predicted molar refractivity (Wildman–Crippen MR) is 35.9 cm³/mol. The van der Waals surface area contributed by atoms with E-state index in [4.69, 9.17) is 5.11 Å². The summed E-state index contributed by atoms with van der Waals surface area (Å²) in [6.45, 7) is -1.43. The highest BCUT2D eigenvalue weighted by atomic mass is 19.4. The highest BCUT2D eigenvalue weighted by Crippen LogP contribution is 2.15. The maximum atomic E-state index is 11.7. The minimum absolute atomic E-state index is 0.327. The molecule has 0 aliphatic heterocycles. The van der Waals surface area contributed by atoms with Gasteiger partial charge in [-0.1, -0.05) is 0 Å². The van der Waals surface area contributed by atoms with Gasteiger partial charge in [0.05, 0.1) is 0 Å². The fourth-order valence-corrected chi connectivity index (χ4v) is 0.621. The van der Waals surface area contributed by atoms with Crippen LogP contribution in [0.15, 0.2) is 0 Å². The Balaban J connectivity index is 4.04. The van der Waals surface area contributed by atoms with Gasteiger partial charge >= 0.3 is 12.1 Å². The van der Waals surface area contributed by atoms with Crippen LogP contribution in [0.3, 0.4) is 0 Å². The van der Waals surface area contributed by atoms with Gasteiger partial charge in [0.1, 0.15) is 13.0 Å². The maximum absolute atomic E-state index is 11.7. The average molecular weight is 199 g/mol. The van der Waals surface area contributed by atoms with E-state index in [-0.39, 0.29) is 0 Å². The van der Waals surface area contributed by atoms with E-state index in [1.807, 2.05) is 0 Å². The molecule has 13 heavy (non-hydrogen) atoms. The molecule has 0 rings (SSSR count). The number of carboxylic acid groups (broad SMARTS) is 1.